The summed E-state index contributed by atoms with van der Waals surface area (Å²) in [6.45, 7) is 3.38. The van der Waals surface area contributed by atoms with Crippen LogP contribution in [-0.4, -0.2) is 16.3 Å². The molecule has 0 bridgehead atoms. The second kappa shape index (κ2) is 3.98. The van der Waals surface area contributed by atoms with Crippen LogP contribution in [0, 0.1) is 5.82 Å². The molecule has 1 heterocycles. The average Bonchev–Trinajstić information content (AvgIpc) is 2.56. The Hall–Kier alpha value is -1.42. The van der Waals surface area contributed by atoms with Crippen LogP contribution in [0.15, 0.2) is 18.2 Å². The molecule has 0 spiro atoms. The molecular formula is C11H14FN3. The molecule has 2 aromatic rings. The van der Waals surface area contributed by atoms with Crippen molar-refractivity contribution in [3.05, 3.63) is 29.7 Å². The van der Waals surface area contributed by atoms with Crippen LogP contribution in [0.5, 0.6) is 0 Å². The normalized spacial score (nSPS) is 11.1. The van der Waals surface area contributed by atoms with Gasteiger partial charge in [0, 0.05) is 30.1 Å². The maximum absolute atomic E-state index is 13.0. The van der Waals surface area contributed by atoms with Crippen molar-refractivity contribution in [1.29, 1.82) is 0 Å². The van der Waals surface area contributed by atoms with E-state index in [9.17, 15) is 4.39 Å². The SMILES string of the molecule is CCn1nc2cc(F)ccc2c1CCN. The van der Waals surface area contributed by atoms with E-state index in [1.807, 2.05) is 11.6 Å². The molecule has 0 amide bonds. The number of fused-ring (bicyclic) bond motifs is 1. The van der Waals surface area contributed by atoms with Crippen molar-refractivity contribution >= 4 is 10.9 Å². The summed E-state index contributed by atoms with van der Waals surface area (Å²) >= 11 is 0. The number of nitrogens with two attached hydrogens (primary N) is 1. The minimum absolute atomic E-state index is 0.248. The minimum atomic E-state index is -0.248. The van der Waals surface area contributed by atoms with Crippen LogP contribution in [0.1, 0.15) is 12.6 Å². The van der Waals surface area contributed by atoms with Crippen molar-refractivity contribution in [2.24, 2.45) is 5.73 Å². The number of hydrogen-bond acceptors (Lipinski definition) is 2. The van der Waals surface area contributed by atoms with Gasteiger partial charge < -0.3 is 5.73 Å². The molecule has 0 atom stereocenters. The summed E-state index contributed by atoms with van der Waals surface area (Å²) < 4.78 is 14.9. The number of hydrogen-bond donors (Lipinski definition) is 1. The standard InChI is InChI=1S/C11H14FN3/c1-2-15-11(5-6-13)9-4-3-8(12)7-10(9)14-15/h3-4,7H,2,5-6,13H2,1H3. The van der Waals surface area contributed by atoms with Gasteiger partial charge in [0.1, 0.15) is 5.82 Å². The van der Waals surface area contributed by atoms with E-state index >= 15 is 0 Å². The van der Waals surface area contributed by atoms with Gasteiger partial charge in [-0.05, 0) is 25.6 Å². The van der Waals surface area contributed by atoms with Crippen molar-refractivity contribution in [1.82, 2.24) is 9.78 Å². The van der Waals surface area contributed by atoms with Gasteiger partial charge in [-0.3, -0.25) is 4.68 Å². The molecule has 1 aromatic heterocycles. The third-order valence-electron chi connectivity index (χ3n) is 2.49. The Labute approximate surface area is 87.7 Å². The highest BCUT2D eigenvalue weighted by molar-refractivity contribution is 5.81. The number of aryl methyl sites for hydroxylation is 1. The van der Waals surface area contributed by atoms with Crippen LogP contribution in [-0.2, 0) is 13.0 Å². The molecule has 0 aliphatic heterocycles. The molecule has 0 saturated heterocycles. The Morgan fingerprint density at radius 2 is 2.27 bits per heavy atom. The number of nitrogens with zero attached hydrogens (tertiary/aromatic N) is 2. The van der Waals surface area contributed by atoms with Gasteiger partial charge in [-0.25, -0.2) is 4.39 Å². The first kappa shape index (κ1) is 10.1. The van der Waals surface area contributed by atoms with Crippen LogP contribution in [0.25, 0.3) is 10.9 Å². The van der Waals surface area contributed by atoms with Crippen molar-refractivity contribution in [2.75, 3.05) is 6.54 Å². The maximum atomic E-state index is 13.0. The van der Waals surface area contributed by atoms with E-state index in [1.54, 1.807) is 6.07 Å². The largest absolute Gasteiger partial charge is 0.330 e. The fourth-order valence-corrected chi connectivity index (χ4v) is 1.82. The van der Waals surface area contributed by atoms with Gasteiger partial charge in [-0.2, -0.15) is 5.10 Å². The lowest BCUT2D eigenvalue weighted by molar-refractivity contribution is 0.622. The smallest absolute Gasteiger partial charge is 0.125 e. The van der Waals surface area contributed by atoms with E-state index in [1.165, 1.54) is 12.1 Å². The van der Waals surface area contributed by atoms with Gasteiger partial charge in [0.2, 0.25) is 0 Å². The molecule has 15 heavy (non-hydrogen) atoms. The fraction of sp³-hybridized carbons (Fsp3) is 0.364. The van der Waals surface area contributed by atoms with Gasteiger partial charge in [0.25, 0.3) is 0 Å². The number of aromatic nitrogens is 2. The Morgan fingerprint density at radius 3 is 2.93 bits per heavy atom. The zero-order valence-corrected chi connectivity index (χ0v) is 8.70. The summed E-state index contributed by atoms with van der Waals surface area (Å²) in [4.78, 5) is 0. The topological polar surface area (TPSA) is 43.8 Å². The predicted molar refractivity (Wildman–Crippen MR) is 58.1 cm³/mol. The maximum Gasteiger partial charge on any atom is 0.125 e. The molecule has 2 N–H and O–H groups in total. The first-order valence-electron chi connectivity index (χ1n) is 5.11. The van der Waals surface area contributed by atoms with Crippen molar-refractivity contribution in [2.45, 2.75) is 19.9 Å². The van der Waals surface area contributed by atoms with Gasteiger partial charge >= 0.3 is 0 Å². The summed E-state index contributed by atoms with van der Waals surface area (Å²) in [7, 11) is 0. The van der Waals surface area contributed by atoms with E-state index in [4.69, 9.17) is 5.73 Å². The van der Waals surface area contributed by atoms with Crippen LogP contribution < -0.4 is 5.73 Å². The molecule has 2 rings (SSSR count). The van der Waals surface area contributed by atoms with E-state index in [0.717, 1.165) is 24.0 Å². The number of rotatable bonds is 3. The van der Waals surface area contributed by atoms with Crippen LogP contribution in [0.4, 0.5) is 4.39 Å². The molecule has 0 aliphatic carbocycles. The molecular weight excluding hydrogens is 193 g/mol. The van der Waals surface area contributed by atoms with Gasteiger partial charge in [-0.15, -0.1) is 0 Å². The summed E-state index contributed by atoms with van der Waals surface area (Å²) in [6.07, 6.45) is 0.774. The predicted octanol–water partition coefficient (Wildman–Crippen LogP) is 1.70. The summed E-state index contributed by atoms with van der Waals surface area (Å²) in [5.41, 5.74) is 7.35. The Kier molecular flexibility index (Phi) is 2.68. The molecule has 80 valence electrons. The molecule has 1 aromatic carbocycles. The third kappa shape index (κ3) is 1.72. The van der Waals surface area contributed by atoms with Crippen molar-refractivity contribution < 1.29 is 4.39 Å². The molecule has 0 radical (unpaired) electrons. The molecule has 0 saturated carbocycles. The van der Waals surface area contributed by atoms with Crippen LogP contribution >= 0.6 is 0 Å². The molecule has 0 aliphatic rings. The van der Waals surface area contributed by atoms with E-state index in [0.29, 0.717) is 12.1 Å². The fourth-order valence-electron chi connectivity index (χ4n) is 1.82. The molecule has 3 nitrogen and oxygen atoms in total. The van der Waals surface area contributed by atoms with Crippen LogP contribution in [0.2, 0.25) is 0 Å². The lowest BCUT2D eigenvalue weighted by Crippen LogP contribution is -2.09. The van der Waals surface area contributed by atoms with E-state index < -0.39 is 0 Å². The lowest BCUT2D eigenvalue weighted by Gasteiger charge is -2.02. The summed E-state index contributed by atoms with van der Waals surface area (Å²) in [5.74, 6) is -0.248. The van der Waals surface area contributed by atoms with Crippen LogP contribution in [0.3, 0.4) is 0 Å². The highest BCUT2D eigenvalue weighted by Gasteiger charge is 2.09. The van der Waals surface area contributed by atoms with Crippen molar-refractivity contribution in [3.8, 4) is 0 Å². The third-order valence-corrected chi connectivity index (χ3v) is 2.49. The van der Waals surface area contributed by atoms with Gasteiger partial charge in [-0.1, -0.05) is 0 Å². The molecule has 4 heteroatoms. The second-order valence-electron chi connectivity index (χ2n) is 3.46. The zero-order chi connectivity index (χ0) is 10.8. The van der Waals surface area contributed by atoms with Gasteiger partial charge in [0.05, 0.1) is 5.52 Å². The monoisotopic (exact) mass is 207 g/mol. The highest BCUT2D eigenvalue weighted by Crippen LogP contribution is 2.19. The molecule has 0 unspecified atom stereocenters. The van der Waals surface area contributed by atoms with Crippen molar-refractivity contribution in [3.63, 3.8) is 0 Å². The quantitative estimate of drug-likeness (QED) is 0.832. The number of halogens is 1. The summed E-state index contributed by atoms with van der Waals surface area (Å²) in [5, 5.41) is 5.34. The lowest BCUT2D eigenvalue weighted by atomic mass is 10.1. The highest BCUT2D eigenvalue weighted by atomic mass is 19.1. The first-order valence-corrected chi connectivity index (χ1v) is 5.11. The Balaban J connectivity index is 2.63. The Morgan fingerprint density at radius 1 is 1.47 bits per heavy atom. The van der Waals surface area contributed by atoms with Gasteiger partial charge in [0.15, 0.2) is 0 Å². The zero-order valence-electron chi connectivity index (χ0n) is 8.70. The second-order valence-corrected chi connectivity index (χ2v) is 3.46. The molecule has 0 fully saturated rings. The first-order chi connectivity index (χ1) is 7.26. The Bertz CT molecular complexity index is 476. The minimum Gasteiger partial charge on any atom is -0.330 e. The summed E-state index contributed by atoms with van der Waals surface area (Å²) in [6, 6.07) is 4.69. The van der Waals surface area contributed by atoms with E-state index in [2.05, 4.69) is 5.10 Å². The number of benzene rings is 1. The average molecular weight is 207 g/mol. The van der Waals surface area contributed by atoms with E-state index in [-0.39, 0.29) is 5.82 Å².